The van der Waals surface area contributed by atoms with Crippen molar-refractivity contribution in [3.8, 4) is 5.75 Å². The van der Waals surface area contributed by atoms with Crippen molar-refractivity contribution in [2.75, 3.05) is 7.11 Å². The molecule has 0 unspecified atom stereocenters. The molecule has 1 aromatic carbocycles. The third kappa shape index (κ3) is 2.54. The predicted molar refractivity (Wildman–Crippen MR) is 74.8 cm³/mol. The van der Waals surface area contributed by atoms with E-state index in [2.05, 4.69) is 0 Å². The van der Waals surface area contributed by atoms with Crippen LogP contribution in [0.25, 0.3) is 0 Å². The molecule has 2 amide bonds. The van der Waals surface area contributed by atoms with Gasteiger partial charge >= 0.3 is 0 Å². The average Bonchev–Trinajstić information content (AvgIpc) is 2.60. The average molecular weight is 276 g/mol. The van der Waals surface area contributed by atoms with E-state index in [4.69, 9.17) is 10.5 Å². The van der Waals surface area contributed by atoms with Gasteiger partial charge in [0.05, 0.1) is 19.1 Å². The van der Waals surface area contributed by atoms with Crippen LogP contribution in [0.15, 0.2) is 18.2 Å². The summed E-state index contributed by atoms with van der Waals surface area (Å²) in [6.45, 7) is 4.24. The Bertz CT molecular complexity index is 552. The second kappa shape index (κ2) is 5.25. The van der Waals surface area contributed by atoms with Gasteiger partial charge in [-0.1, -0.05) is 19.9 Å². The lowest BCUT2D eigenvalue weighted by Gasteiger charge is -2.18. The van der Waals surface area contributed by atoms with E-state index < -0.39 is 5.41 Å². The van der Waals surface area contributed by atoms with Crippen LogP contribution in [0.3, 0.4) is 0 Å². The van der Waals surface area contributed by atoms with Gasteiger partial charge in [-0.05, 0) is 17.7 Å². The lowest BCUT2D eigenvalue weighted by atomic mass is 9.92. The fourth-order valence-corrected chi connectivity index (χ4v) is 2.46. The van der Waals surface area contributed by atoms with E-state index in [1.165, 1.54) is 4.90 Å². The third-order valence-electron chi connectivity index (χ3n) is 3.62. The summed E-state index contributed by atoms with van der Waals surface area (Å²) in [7, 11) is 1.59. The van der Waals surface area contributed by atoms with E-state index in [-0.39, 0.29) is 24.8 Å². The highest BCUT2D eigenvalue weighted by molar-refractivity contribution is 6.05. The van der Waals surface area contributed by atoms with Gasteiger partial charge < -0.3 is 10.5 Å². The summed E-state index contributed by atoms with van der Waals surface area (Å²) in [5.41, 5.74) is 6.82. The summed E-state index contributed by atoms with van der Waals surface area (Å²) in [5, 5.41) is 0. The van der Waals surface area contributed by atoms with E-state index in [0.29, 0.717) is 6.54 Å². The van der Waals surface area contributed by atoms with E-state index in [1.807, 2.05) is 18.2 Å². The zero-order chi connectivity index (χ0) is 14.9. The Balaban J connectivity index is 2.23. The van der Waals surface area contributed by atoms with Gasteiger partial charge in [-0.25, -0.2) is 0 Å². The topological polar surface area (TPSA) is 72.6 Å². The molecule has 20 heavy (non-hydrogen) atoms. The van der Waals surface area contributed by atoms with Crippen LogP contribution < -0.4 is 10.5 Å². The summed E-state index contributed by atoms with van der Waals surface area (Å²) in [5.74, 6) is 0.480. The number of hydrogen-bond acceptors (Lipinski definition) is 4. The summed E-state index contributed by atoms with van der Waals surface area (Å²) < 4.78 is 5.21. The number of methoxy groups -OCH3 is 1. The molecule has 1 aliphatic rings. The standard InChI is InChI=1S/C15H20N2O3/c1-15(2)7-13(18)17(14(15)19)9-10-4-5-12(20-3)11(6-10)8-16/h4-6H,7-9,16H2,1-3H3. The van der Waals surface area contributed by atoms with Gasteiger partial charge in [0, 0.05) is 18.5 Å². The van der Waals surface area contributed by atoms with Crippen LogP contribution in [0.1, 0.15) is 31.4 Å². The molecule has 1 saturated heterocycles. The maximum Gasteiger partial charge on any atom is 0.235 e. The van der Waals surface area contributed by atoms with Crippen molar-refractivity contribution in [2.45, 2.75) is 33.4 Å². The molecule has 1 aromatic rings. The van der Waals surface area contributed by atoms with Gasteiger partial charge in [-0.2, -0.15) is 0 Å². The first kappa shape index (κ1) is 14.5. The van der Waals surface area contributed by atoms with Gasteiger partial charge in [0.2, 0.25) is 11.8 Å². The van der Waals surface area contributed by atoms with Crippen LogP contribution in [0.4, 0.5) is 0 Å². The Morgan fingerprint density at radius 2 is 2.05 bits per heavy atom. The molecule has 0 atom stereocenters. The summed E-state index contributed by atoms with van der Waals surface area (Å²) in [6, 6.07) is 5.54. The molecule has 108 valence electrons. The number of nitrogens with zero attached hydrogens (tertiary/aromatic N) is 1. The Morgan fingerprint density at radius 3 is 2.55 bits per heavy atom. The molecule has 1 fully saturated rings. The van der Waals surface area contributed by atoms with Crippen LogP contribution in [-0.4, -0.2) is 23.8 Å². The number of carbonyl (C=O) groups excluding carboxylic acids is 2. The molecule has 0 radical (unpaired) electrons. The number of amides is 2. The van der Waals surface area contributed by atoms with Crippen molar-refractivity contribution in [1.82, 2.24) is 4.90 Å². The fourth-order valence-electron chi connectivity index (χ4n) is 2.46. The van der Waals surface area contributed by atoms with Gasteiger partial charge in [0.25, 0.3) is 0 Å². The molecule has 0 bridgehead atoms. The number of hydrogen-bond donors (Lipinski definition) is 1. The summed E-state index contributed by atoms with van der Waals surface area (Å²) >= 11 is 0. The van der Waals surface area contributed by atoms with Crippen LogP contribution in [0.2, 0.25) is 0 Å². The van der Waals surface area contributed by atoms with Gasteiger partial charge in [0.15, 0.2) is 0 Å². The highest BCUT2D eigenvalue weighted by atomic mass is 16.5. The molecule has 0 aromatic heterocycles. The number of rotatable bonds is 4. The highest BCUT2D eigenvalue weighted by Gasteiger charge is 2.44. The molecule has 0 aliphatic carbocycles. The second-order valence-corrected chi connectivity index (χ2v) is 5.70. The molecule has 2 N–H and O–H groups in total. The smallest absolute Gasteiger partial charge is 0.235 e. The van der Waals surface area contributed by atoms with Crippen molar-refractivity contribution in [1.29, 1.82) is 0 Å². The minimum absolute atomic E-state index is 0.118. The monoisotopic (exact) mass is 276 g/mol. The number of imide groups is 1. The summed E-state index contributed by atoms with van der Waals surface area (Å²) in [4.78, 5) is 25.4. The molecule has 0 saturated carbocycles. The normalized spacial score (nSPS) is 17.7. The number of ether oxygens (including phenoxy) is 1. The lowest BCUT2D eigenvalue weighted by Crippen LogP contribution is -2.32. The van der Waals surface area contributed by atoms with Crippen molar-refractivity contribution in [2.24, 2.45) is 11.1 Å². The number of likely N-dealkylation sites (tertiary alicyclic amines) is 1. The van der Waals surface area contributed by atoms with E-state index in [1.54, 1.807) is 21.0 Å². The van der Waals surface area contributed by atoms with Gasteiger partial charge in [-0.15, -0.1) is 0 Å². The molecular formula is C15H20N2O3. The maximum absolute atomic E-state index is 12.2. The SMILES string of the molecule is COc1ccc(CN2C(=O)CC(C)(C)C2=O)cc1CN. The first-order valence-corrected chi connectivity index (χ1v) is 6.59. The van der Waals surface area contributed by atoms with Crippen LogP contribution in [0, 0.1) is 5.41 Å². The second-order valence-electron chi connectivity index (χ2n) is 5.70. The zero-order valence-corrected chi connectivity index (χ0v) is 12.1. The Morgan fingerprint density at radius 1 is 1.35 bits per heavy atom. The minimum atomic E-state index is -0.597. The molecule has 0 spiro atoms. The van der Waals surface area contributed by atoms with Crippen molar-refractivity contribution in [3.05, 3.63) is 29.3 Å². The van der Waals surface area contributed by atoms with Gasteiger partial charge in [0.1, 0.15) is 5.75 Å². The van der Waals surface area contributed by atoms with Crippen molar-refractivity contribution < 1.29 is 14.3 Å². The quantitative estimate of drug-likeness (QED) is 0.845. The fraction of sp³-hybridized carbons (Fsp3) is 0.467. The largest absolute Gasteiger partial charge is 0.496 e. The maximum atomic E-state index is 12.2. The van der Waals surface area contributed by atoms with Crippen LogP contribution in [-0.2, 0) is 22.7 Å². The first-order chi connectivity index (χ1) is 9.39. The Hall–Kier alpha value is -1.88. The molecule has 5 heteroatoms. The first-order valence-electron chi connectivity index (χ1n) is 6.59. The number of benzene rings is 1. The Kier molecular flexibility index (Phi) is 3.81. The van der Waals surface area contributed by atoms with E-state index in [0.717, 1.165) is 16.9 Å². The van der Waals surface area contributed by atoms with Crippen LogP contribution in [0.5, 0.6) is 5.75 Å². The number of nitrogens with two attached hydrogens (primary N) is 1. The van der Waals surface area contributed by atoms with Gasteiger partial charge in [-0.3, -0.25) is 14.5 Å². The molecule has 1 heterocycles. The third-order valence-corrected chi connectivity index (χ3v) is 3.62. The predicted octanol–water partition coefficient (Wildman–Crippen LogP) is 1.44. The highest BCUT2D eigenvalue weighted by Crippen LogP contribution is 2.33. The molecule has 5 nitrogen and oxygen atoms in total. The van der Waals surface area contributed by atoms with Crippen LogP contribution >= 0.6 is 0 Å². The lowest BCUT2D eigenvalue weighted by molar-refractivity contribution is -0.141. The van der Waals surface area contributed by atoms with E-state index >= 15 is 0 Å². The number of carbonyl (C=O) groups is 2. The van der Waals surface area contributed by atoms with Crippen molar-refractivity contribution >= 4 is 11.8 Å². The Labute approximate surface area is 118 Å². The molecular weight excluding hydrogens is 256 g/mol. The molecule has 2 rings (SSSR count). The molecule has 1 aliphatic heterocycles. The zero-order valence-electron chi connectivity index (χ0n) is 12.1. The minimum Gasteiger partial charge on any atom is -0.496 e. The summed E-state index contributed by atoms with van der Waals surface area (Å²) in [6.07, 6.45) is 0.270. The van der Waals surface area contributed by atoms with Crippen molar-refractivity contribution in [3.63, 3.8) is 0 Å². The van der Waals surface area contributed by atoms with E-state index in [9.17, 15) is 9.59 Å².